The van der Waals surface area contributed by atoms with Crippen LogP contribution in [0, 0.1) is 12.7 Å². The van der Waals surface area contributed by atoms with Gasteiger partial charge in [-0.25, -0.2) is 4.39 Å². The fourth-order valence-corrected chi connectivity index (χ4v) is 1.52. The average Bonchev–Trinajstić information content (AvgIpc) is 2.12. The maximum absolute atomic E-state index is 13.0. The summed E-state index contributed by atoms with van der Waals surface area (Å²) >= 11 is 0. The van der Waals surface area contributed by atoms with Gasteiger partial charge in [-0.2, -0.15) is 0 Å². The van der Waals surface area contributed by atoms with Crippen molar-refractivity contribution in [1.29, 1.82) is 0 Å². The van der Waals surface area contributed by atoms with Crippen LogP contribution in [0.2, 0.25) is 0 Å². The van der Waals surface area contributed by atoms with Gasteiger partial charge in [0.2, 0.25) is 0 Å². The van der Waals surface area contributed by atoms with Crippen LogP contribution < -0.4 is 5.32 Å². The van der Waals surface area contributed by atoms with Crippen LogP contribution in [0.1, 0.15) is 32.3 Å². The molecule has 2 heteroatoms. The first-order valence-corrected chi connectivity index (χ1v) is 5.16. The first-order chi connectivity index (χ1) is 6.63. The highest BCUT2D eigenvalue weighted by atomic mass is 19.1. The van der Waals surface area contributed by atoms with Gasteiger partial charge >= 0.3 is 0 Å². The SMILES string of the molecule is CCC[C@H](C)Nc1ccc(F)c(C)c1. The van der Waals surface area contributed by atoms with Gasteiger partial charge in [-0.1, -0.05) is 13.3 Å². The van der Waals surface area contributed by atoms with Gasteiger partial charge in [0.05, 0.1) is 0 Å². The molecule has 1 atom stereocenters. The van der Waals surface area contributed by atoms with E-state index in [4.69, 9.17) is 0 Å². The maximum Gasteiger partial charge on any atom is 0.126 e. The van der Waals surface area contributed by atoms with Crippen LogP contribution in [0.3, 0.4) is 0 Å². The summed E-state index contributed by atoms with van der Waals surface area (Å²) < 4.78 is 13.0. The molecule has 0 aliphatic rings. The van der Waals surface area contributed by atoms with Crippen molar-refractivity contribution in [1.82, 2.24) is 0 Å². The Hall–Kier alpha value is -1.05. The predicted molar refractivity (Wildman–Crippen MR) is 59.1 cm³/mol. The van der Waals surface area contributed by atoms with Gasteiger partial charge in [0.15, 0.2) is 0 Å². The monoisotopic (exact) mass is 195 g/mol. The topological polar surface area (TPSA) is 12.0 Å². The Morgan fingerprint density at radius 1 is 1.43 bits per heavy atom. The van der Waals surface area contributed by atoms with Gasteiger partial charge in [0, 0.05) is 11.7 Å². The number of rotatable bonds is 4. The summed E-state index contributed by atoms with van der Waals surface area (Å²) in [6, 6.07) is 5.59. The molecular weight excluding hydrogens is 177 g/mol. The second-order valence-corrected chi connectivity index (χ2v) is 3.80. The van der Waals surface area contributed by atoms with E-state index in [1.165, 1.54) is 6.07 Å². The average molecular weight is 195 g/mol. The molecule has 0 bridgehead atoms. The van der Waals surface area contributed by atoms with Crippen molar-refractivity contribution in [3.8, 4) is 0 Å². The van der Waals surface area contributed by atoms with Gasteiger partial charge < -0.3 is 5.32 Å². The van der Waals surface area contributed by atoms with E-state index in [2.05, 4.69) is 19.2 Å². The Morgan fingerprint density at radius 3 is 2.71 bits per heavy atom. The third-order valence-corrected chi connectivity index (χ3v) is 2.29. The number of anilines is 1. The number of hydrogen-bond acceptors (Lipinski definition) is 1. The van der Waals surface area contributed by atoms with Crippen molar-refractivity contribution in [3.63, 3.8) is 0 Å². The number of nitrogens with one attached hydrogen (secondary N) is 1. The van der Waals surface area contributed by atoms with Crippen LogP contribution >= 0.6 is 0 Å². The molecule has 14 heavy (non-hydrogen) atoms. The summed E-state index contributed by atoms with van der Waals surface area (Å²) in [5, 5.41) is 3.34. The molecule has 0 fully saturated rings. The lowest BCUT2D eigenvalue weighted by atomic mass is 10.1. The highest BCUT2D eigenvalue weighted by Crippen LogP contribution is 2.15. The largest absolute Gasteiger partial charge is 0.383 e. The van der Waals surface area contributed by atoms with Gasteiger partial charge in [-0.15, -0.1) is 0 Å². The van der Waals surface area contributed by atoms with Crippen molar-refractivity contribution in [2.24, 2.45) is 0 Å². The highest BCUT2D eigenvalue weighted by Gasteiger charge is 2.02. The highest BCUT2D eigenvalue weighted by molar-refractivity contribution is 5.46. The zero-order valence-electron chi connectivity index (χ0n) is 9.10. The molecule has 0 radical (unpaired) electrons. The van der Waals surface area contributed by atoms with Gasteiger partial charge in [-0.05, 0) is 44.0 Å². The fraction of sp³-hybridized carbons (Fsp3) is 0.500. The molecule has 1 aromatic carbocycles. The first-order valence-electron chi connectivity index (χ1n) is 5.16. The van der Waals surface area contributed by atoms with E-state index < -0.39 is 0 Å². The number of halogens is 1. The molecule has 1 rings (SSSR count). The van der Waals surface area contributed by atoms with Crippen molar-refractivity contribution in [2.75, 3.05) is 5.32 Å². The summed E-state index contributed by atoms with van der Waals surface area (Å²) in [5.41, 5.74) is 1.70. The van der Waals surface area contributed by atoms with E-state index in [-0.39, 0.29) is 5.82 Å². The molecule has 0 saturated heterocycles. The first kappa shape index (κ1) is 11.0. The lowest BCUT2D eigenvalue weighted by Gasteiger charge is -2.14. The van der Waals surface area contributed by atoms with Crippen molar-refractivity contribution in [3.05, 3.63) is 29.6 Å². The Morgan fingerprint density at radius 2 is 2.14 bits per heavy atom. The van der Waals surface area contributed by atoms with E-state index in [0.717, 1.165) is 18.5 Å². The van der Waals surface area contributed by atoms with E-state index >= 15 is 0 Å². The molecule has 0 heterocycles. The minimum Gasteiger partial charge on any atom is -0.383 e. The summed E-state index contributed by atoms with van der Waals surface area (Å²) in [6.07, 6.45) is 2.30. The number of aryl methyl sites for hydroxylation is 1. The van der Waals surface area contributed by atoms with Gasteiger partial charge in [0.25, 0.3) is 0 Å². The predicted octanol–water partition coefficient (Wildman–Crippen LogP) is 3.73. The van der Waals surface area contributed by atoms with E-state index in [1.54, 1.807) is 13.0 Å². The third kappa shape index (κ3) is 3.02. The molecular formula is C12H18FN. The maximum atomic E-state index is 13.0. The molecule has 0 aliphatic heterocycles. The number of benzene rings is 1. The molecule has 0 saturated carbocycles. The second kappa shape index (κ2) is 4.99. The van der Waals surface area contributed by atoms with Crippen LogP contribution in [0.25, 0.3) is 0 Å². The van der Waals surface area contributed by atoms with Crippen LogP contribution in [0.4, 0.5) is 10.1 Å². The van der Waals surface area contributed by atoms with Crippen molar-refractivity contribution in [2.45, 2.75) is 39.7 Å². The molecule has 0 aliphatic carbocycles. The lowest BCUT2D eigenvalue weighted by molar-refractivity contribution is 0.618. The minimum absolute atomic E-state index is 0.140. The summed E-state index contributed by atoms with van der Waals surface area (Å²) in [5.74, 6) is -0.140. The van der Waals surface area contributed by atoms with Gasteiger partial charge in [-0.3, -0.25) is 0 Å². The van der Waals surface area contributed by atoms with Gasteiger partial charge in [0.1, 0.15) is 5.82 Å². The Labute approximate surface area is 85.3 Å². The summed E-state index contributed by atoms with van der Waals surface area (Å²) in [7, 11) is 0. The summed E-state index contributed by atoms with van der Waals surface area (Å²) in [6.45, 7) is 6.08. The molecule has 1 N–H and O–H groups in total. The van der Waals surface area contributed by atoms with Crippen molar-refractivity contribution < 1.29 is 4.39 Å². The van der Waals surface area contributed by atoms with Crippen LogP contribution in [0.15, 0.2) is 18.2 Å². The molecule has 78 valence electrons. The molecule has 0 spiro atoms. The Bertz CT molecular complexity index is 296. The Kier molecular flexibility index (Phi) is 3.93. The van der Waals surface area contributed by atoms with E-state index in [0.29, 0.717) is 11.6 Å². The molecule has 1 nitrogen and oxygen atoms in total. The smallest absolute Gasteiger partial charge is 0.126 e. The quantitative estimate of drug-likeness (QED) is 0.771. The van der Waals surface area contributed by atoms with E-state index in [9.17, 15) is 4.39 Å². The molecule has 0 unspecified atom stereocenters. The van der Waals surface area contributed by atoms with Crippen LogP contribution in [0.5, 0.6) is 0 Å². The zero-order chi connectivity index (χ0) is 10.6. The third-order valence-electron chi connectivity index (χ3n) is 2.29. The second-order valence-electron chi connectivity index (χ2n) is 3.80. The lowest BCUT2D eigenvalue weighted by Crippen LogP contribution is -2.14. The van der Waals surface area contributed by atoms with Crippen LogP contribution in [-0.2, 0) is 0 Å². The van der Waals surface area contributed by atoms with Crippen LogP contribution in [-0.4, -0.2) is 6.04 Å². The fourth-order valence-electron chi connectivity index (χ4n) is 1.52. The van der Waals surface area contributed by atoms with E-state index in [1.807, 2.05) is 6.07 Å². The molecule has 1 aromatic rings. The minimum atomic E-state index is -0.140. The summed E-state index contributed by atoms with van der Waals surface area (Å²) in [4.78, 5) is 0. The van der Waals surface area contributed by atoms with Crippen molar-refractivity contribution >= 4 is 5.69 Å². The number of hydrogen-bond donors (Lipinski definition) is 1. The standard InChI is InChI=1S/C12H18FN/c1-4-5-10(3)14-11-6-7-12(13)9(2)8-11/h6-8,10,14H,4-5H2,1-3H3/t10-/m0/s1. The Balaban J connectivity index is 2.63. The normalized spacial score (nSPS) is 12.6. The molecule has 0 aromatic heterocycles. The molecule has 0 amide bonds. The zero-order valence-corrected chi connectivity index (χ0v) is 9.10.